The lowest BCUT2D eigenvalue weighted by Gasteiger charge is -2.35. The van der Waals surface area contributed by atoms with Crippen molar-refractivity contribution in [3.63, 3.8) is 0 Å². The Morgan fingerprint density at radius 3 is 2.34 bits per heavy atom. The number of benzene rings is 2. The van der Waals surface area contributed by atoms with Gasteiger partial charge >= 0.3 is 0 Å². The number of hydrogen-bond acceptors (Lipinski definition) is 4. The Kier molecular flexibility index (Phi) is 7.90. The number of piperazine rings is 1. The number of rotatable bonds is 3. The number of anilines is 2. The molecule has 2 aliphatic rings. The first-order chi connectivity index (χ1) is 13.1. The number of halogens is 2. The van der Waals surface area contributed by atoms with E-state index in [0.717, 1.165) is 18.7 Å². The van der Waals surface area contributed by atoms with Crippen molar-refractivity contribution in [2.24, 2.45) is 0 Å². The highest BCUT2D eigenvalue weighted by Crippen LogP contribution is 2.27. The Morgan fingerprint density at radius 2 is 1.62 bits per heavy atom. The van der Waals surface area contributed by atoms with E-state index in [1.807, 2.05) is 28.0 Å². The van der Waals surface area contributed by atoms with Gasteiger partial charge in [-0.15, -0.1) is 24.8 Å². The molecular formula is C21H26Cl2N4O2. The molecule has 4 rings (SSSR count). The van der Waals surface area contributed by atoms with Gasteiger partial charge in [-0.2, -0.15) is 0 Å². The number of nitrogen functional groups attached to an aromatic ring is 1. The molecule has 1 fully saturated rings. The first kappa shape index (κ1) is 23.0. The largest absolute Gasteiger partial charge is 0.399 e. The van der Waals surface area contributed by atoms with Crippen LogP contribution >= 0.6 is 24.8 Å². The Hall–Kier alpha value is -2.28. The summed E-state index contributed by atoms with van der Waals surface area (Å²) in [6.45, 7) is 3.81. The molecule has 2 aromatic rings. The molecule has 2 aromatic carbocycles. The van der Waals surface area contributed by atoms with Crippen LogP contribution in [0.1, 0.15) is 15.9 Å². The zero-order chi connectivity index (χ0) is 18.8. The second kappa shape index (κ2) is 9.96. The minimum Gasteiger partial charge on any atom is -0.399 e. The summed E-state index contributed by atoms with van der Waals surface area (Å²) in [5, 5.41) is 0. The van der Waals surface area contributed by atoms with E-state index in [0.29, 0.717) is 44.0 Å². The van der Waals surface area contributed by atoms with Crippen LogP contribution in [0.2, 0.25) is 0 Å². The molecule has 0 spiro atoms. The van der Waals surface area contributed by atoms with E-state index in [9.17, 15) is 9.59 Å². The maximum atomic E-state index is 12.7. The third-order valence-electron chi connectivity index (χ3n) is 5.34. The average Bonchev–Trinajstić information content (AvgIpc) is 3.12. The number of carbonyl (C=O) groups is 2. The molecule has 0 unspecified atom stereocenters. The van der Waals surface area contributed by atoms with Crippen LogP contribution in [-0.4, -0.2) is 60.9 Å². The molecule has 0 radical (unpaired) electrons. The van der Waals surface area contributed by atoms with Gasteiger partial charge in [0.25, 0.3) is 5.91 Å². The standard InChI is InChI=1S/C21H24N4O2.2ClH/c22-18-6-3-5-17(14-18)21(27)24-12-10-23(11-13-24)15-20(26)25-9-8-16-4-1-2-7-19(16)25;;/h1-7,14H,8-13,15,22H2;2*1H. The maximum Gasteiger partial charge on any atom is 0.254 e. The molecule has 0 aliphatic carbocycles. The first-order valence-corrected chi connectivity index (χ1v) is 9.37. The summed E-state index contributed by atoms with van der Waals surface area (Å²) in [7, 11) is 0. The van der Waals surface area contributed by atoms with Gasteiger partial charge < -0.3 is 15.5 Å². The maximum absolute atomic E-state index is 12.7. The monoisotopic (exact) mass is 436 g/mol. The zero-order valence-electron chi connectivity index (χ0n) is 16.1. The normalized spacial score (nSPS) is 15.9. The van der Waals surface area contributed by atoms with E-state index >= 15 is 0 Å². The van der Waals surface area contributed by atoms with Crippen LogP contribution in [-0.2, 0) is 11.2 Å². The highest BCUT2D eigenvalue weighted by molar-refractivity contribution is 5.97. The van der Waals surface area contributed by atoms with Gasteiger partial charge in [-0.1, -0.05) is 24.3 Å². The number of nitrogens with two attached hydrogens (primary N) is 1. The number of nitrogens with zero attached hydrogens (tertiary/aromatic N) is 3. The summed E-state index contributed by atoms with van der Waals surface area (Å²) in [6, 6.07) is 15.2. The smallest absolute Gasteiger partial charge is 0.254 e. The van der Waals surface area contributed by atoms with Gasteiger partial charge in [0.05, 0.1) is 6.54 Å². The molecule has 2 heterocycles. The predicted octanol–water partition coefficient (Wildman–Crippen LogP) is 2.46. The van der Waals surface area contributed by atoms with E-state index in [4.69, 9.17) is 5.73 Å². The van der Waals surface area contributed by atoms with Gasteiger partial charge in [-0.05, 0) is 36.2 Å². The Balaban J connectivity index is 0.00000150. The number of para-hydroxylation sites is 1. The van der Waals surface area contributed by atoms with Crippen LogP contribution in [0.25, 0.3) is 0 Å². The molecule has 0 saturated carbocycles. The second-order valence-corrected chi connectivity index (χ2v) is 7.12. The fourth-order valence-corrected chi connectivity index (χ4v) is 3.84. The highest BCUT2D eigenvalue weighted by Gasteiger charge is 2.28. The van der Waals surface area contributed by atoms with E-state index in [-0.39, 0.29) is 36.6 Å². The Labute approximate surface area is 183 Å². The van der Waals surface area contributed by atoms with Gasteiger partial charge in [-0.3, -0.25) is 14.5 Å². The van der Waals surface area contributed by atoms with E-state index in [2.05, 4.69) is 11.0 Å². The lowest BCUT2D eigenvalue weighted by Crippen LogP contribution is -2.51. The topological polar surface area (TPSA) is 69.9 Å². The molecule has 8 heteroatoms. The van der Waals surface area contributed by atoms with Crippen molar-refractivity contribution in [3.8, 4) is 0 Å². The van der Waals surface area contributed by atoms with Crippen LogP contribution < -0.4 is 10.6 Å². The SMILES string of the molecule is Cl.Cl.Nc1cccc(C(=O)N2CCN(CC(=O)N3CCc4ccccc43)CC2)c1. The molecule has 2 N–H and O–H groups in total. The highest BCUT2D eigenvalue weighted by atomic mass is 35.5. The lowest BCUT2D eigenvalue weighted by atomic mass is 10.1. The summed E-state index contributed by atoms with van der Waals surface area (Å²) in [6.07, 6.45) is 0.921. The number of carbonyl (C=O) groups excluding carboxylic acids is 2. The number of fused-ring (bicyclic) bond motifs is 1. The van der Waals surface area contributed by atoms with Crippen LogP contribution in [0.3, 0.4) is 0 Å². The van der Waals surface area contributed by atoms with Crippen molar-refractivity contribution in [2.45, 2.75) is 6.42 Å². The van der Waals surface area contributed by atoms with Crippen LogP contribution in [0, 0.1) is 0 Å². The van der Waals surface area contributed by atoms with Crippen molar-refractivity contribution < 1.29 is 9.59 Å². The number of amides is 2. The summed E-state index contributed by atoms with van der Waals surface area (Å²) >= 11 is 0. The predicted molar refractivity (Wildman–Crippen MR) is 120 cm³/mol. The quantitative estimate of drug-likeness (QED) is 0.750. The molecule has 2 aliphatic heterocycles. The molecule has 0 aromatic heterocycles. The average molecular weight is 437 g/mol. The summed E-state index contributed by atoms with van der Waals surface area (Å²) in [5.41, 5.74) is 9.27. The molecule has 0 bridgehead atoms. The fraction of sp³-hybridized carbons (Fsp3) is 0.333. The molecule has 156 valence electrons. The number of hydrogen-bond donors (Lipinski definition) is 1. The summed E-state index contributed by atoms with van der Waals surface area (Å²) < 4.78 is 0. The Morgan fingerprint density at radius 1 is 0.897 bits per heavy atom. The first-order valence-electron chi connectivity index (χ1n) is 9.37. The van der Waals surface area contributed by atoms with Gasteiger partial charge in [0.2, 0.25) is 5.91 Å². The molecule has 1 saturated heterocycles. The molecule has 0 atom stereocenters. The third kappa shape index (κ3) is 5.01. The van der Waals surface area contributed by atoms with Crippen LogP contribution in [0.5, 0.6) is 0 Å². The van der Waals surface area contributed by atoms with E-state index in [1.165, 1.54) is 5.56 Å². The molecule has 29 heavy (non-hydrogen) atoms. The van der Waals surface area contributed by atoms with Crippen molar-refractivity contribution in [2.75, 3.05) is 49.9 Å². The Bertz CT molecular complexity index is 869. The minimum absolute atomic E-state index is 0. The minimum atomic E-state index is 0. The fourth-order valence-electron chi connectivity index (χ4n) is 3.84. The zero-order valence-corrected chi connectivity index (χ0v) is 17.8. The van der Waals surface area contributed by atoms with E-state index in [1.54, 1.807) is 24.3 Å². The third-order valence-corrected chi connectivity index (χ3v) is 5.34. The van der Waals surface area contributed by atoms with Gasteiger partial charge in [-0.25, -0.2) is 0 Å². The van der Waals surface area contributed by atoms with Crippen LogP contribution in [0.15, 0.2) is 48.5 Å². The van der Waals surface area contributed by atoms with Crippen LogP contribution in [0.4, 0.5) is 11.4 Å². The molecular weight excluding hydrogens is 411 g/mol. The summed E-state index contributed by atoms with van der Waals surface area (Å²) in [5.74, 6) is 0.136. The van der Waals surface area contributed by atoms with Crippen molar-refractivity contribution >= 4 is 48.0 Å². The van der Waals surface area contributed by atoms with E-state index < -0.39 is 0 Å². The lowest BCUT2D eigenvalue weighted by molar-refractivity contribution is -0.120. The molecule has 6 nitrogen and oxygen atoms in total. The van der Waals surface area contributed by atoms with Gasteiger partial charge in [0.15, 0.2) is 0 Å². The van der Waals surface area contributed by atoms with Gasteiger partial charge in [0, 0.05) is 49.7 Å². The van der Waals surface area contributed by atoms with Crippen molar-refractivity contribution in [1.82, 2.24) is 9.80 Å². The second-order valence-electron chi connectivity index (χ2n) is 7.12. The summed E-state index contributed by atoms with van der Waals surface area (Å²) in [4.78, 5) is 31.2. The van der Waals surface area contributed by atoms with Crippen molar-refractivity contribution in [3.05, 3.63) is 59.7 Å². The van der Waals surface area contributed by atoms with Gasteiger partial charge in [0.1, 0.15) is 0 Å². The molecule has 2 amide bonds. The van der Waals surface area contributed by atoms with Crippen molar-refractivity contribution in [1.29, 1.82) is 0 Å².